The standard InChI is InChI=1S/C28H27N3O5/c32-25(30-23-14-8-7-13-22(23)27(34)29-21-15-16-21)18-36-28(35)24(17-19-9-3-1-4-10-19)31-26(33)20-11-5-2-6-12-20/h1-14,21,24H,15-18H2,(H,29,34)(H,30,32)(H,31,33). The Kier molecular flexibility index (Phi) is 8.08. The predicted molar refractivity (Wildman–Crippen MR) is 134 cm³/mol. The number of esters is 1. The molecule has 0 heterocycles. The van der Waals surface area contributed by atoms with Gasteiger partial charge >= 0.3 is 5.97 Å². The minimum Gasteiger partial charge on any atom is -0.454 e. The maximum absolute atomic E-state index is 12.9. The van der Waals surface area contributed by atoms with E-state index in [9.17, 15) is 19.2 Å². The van der Waals surface area contributed by atoms with E-state index in [1.807, 2.05) is 30.3 Å². The van der Waals surface area contributed by atoms with Gasteiger partial charge in [0.05, 0.1) is 11.3 Å². The third-order valence-electron chi connectivity index (χ3n) is 5.61. The molecule has 3 amide bonds. The van der Waals surface area contributed by atoms with E-state index in [4.69, 9.17) is 4.74 Å². The molecule has 4 rings (SSSR count). The summed E-state index contributed by atoms with van der Waals surface area (Å²) in [5.41, 5.74) is 1.89. The first-order chi connectivity index (χ1) is 17.5. The van der Waals surface area contributed by atoms with E-state index >= 15 is 0 Å². The van der Waals surface area contributed by atoms with Crippen molar-refractivity contribution in [3.8, 4) is 0 Å². The Labute approximate surface area is 209 Å². The molecule has 0 bridgehead atoms. The van der Waals surface area contributed by atoms with Crippen molar-refractivity contribution < 1.29 is 23.9 Å². The second-order valence-electron chi connectivity index (χ2n) is 8.53. The number of ether oxygens (including phenoxy) is 1. The van der Waals surface area contributed by atoms with Gasteiger partial charge in [-0.1, -0.05) is 60.7 Å². The molecule has 1 aliphatic rings. The molecule has 36 heavy (non-hydrogen) atoms. The quantitative estimate of drug-likeness (QED) is 0.382. The number of para-hydroxylation sites is 1. The molecule has 8 nitrogen and oxygen atoms in total. The molecule has 0 radical (unpaired) electrons. The predicted octanol–water partition coefficient (Wildman–Crippen LogP) is 3.10. The average molecular weight is 486 g/mol. The van der Waals surface area contributed by atoms with Crippen molar-refractivity contribution >= 4 is 29.4 Å². The average Bonchev–Trinajstić information content (AvgIpc) is 3.72. The van der Waals surface area contributed by atoms with Crippen LogP contribution in [0.15, 0.2) is 84.9 Å². The zero-order chi connectivity index (χ0) is 25.3. The highest BCUT2D eigenvalue weighted by Gasteiger charge is 2.26. The van der Waals surface area contributed by atoms with Crippen LogP contribution in [0.25, 0.3) is 0 Å². The van der Waals surface area contributed by atoms with Gasteiger partial charge in [-0.15, -0.1) is 0 Å². The SMILES string of the molecule is O=C(COC(=O)C(Cc1ccccc1)NC(=O)c1ccccc1)Nc1ccccc1C(=O)NC1CC1. The van der Waals surface area contributed by atoms with Gasteiger partial charge in [0.1, 0.15) is 6.04 Å². The van der Waals surface area contributed by atoms with Gasteiger partial charge < -0.3 is 20.7 Å². The van der Waals surface area contributed by atoms with Crippen molar-refractivity contribution in [3.05, 3.63) is 102 Å². The molecule has 3 aromatic carbocycles. The third kappa shape index (κ3) is 7.02. The number of amides is 3. The minimum atomic E-state index is -0.996. The summed E-state index contributed by atoms with van der Waals surface area (Å²) in [5, 5.41) is 8.22. The van der Waals surface area contributed by atoms with Gasteiger partial charge in [-0.2, -0.15) is 0 Å². The van der Waals surface area contributed by atoms with Crippen LogP contribution in [-0.4, -0.2) is 42.4 Å². The van der Waals surface area contributed by atoms with Gasteiger partial charge in [0.15, 0.2) is 6.61 Å². The lowest BCUT2D eigenvalue weighted by atomic mass is 10.1. The summed E-state index contributed by atoms with van der Waals surface area (Å²) in [6, 6.07) is 23.6. The summed E-state index contributed by atoms with van der Waals surface area (Å²) in [4.78, 5) is 50.6. The van der Waals surface area contributed by atoms with Gasteiger partial charge in [-0.25, -0.2) is 4.79 Å². The lowest BCUT2D eigenvalue weighted by molar-refractivity contribution is -0.149. The van der Waals surface area contributed by atoms with E-state index in [1.54, 1.807) is 54.6 Å². The molecule has 1 fully saturated rings. The molecule has 1 saturated carbocycles. The number of anilines is 1. The van der Waals surface area contributed by atoms with E-state index in [2.05, 4.69) is 16.0 Å². The highest BCUT2D eigenvalue weighted by molar-refractivity contribution is 6.04. The molecular weight excluding hydrogens is 458 g/mol. The summed E-state index contributed by atoms with van der Waals surface area (Å²) in [5.74, 6) is -2.02. The number of benzene rings is 3. The van der Waals surface area contributed by atoms with Gasteiger partial charge in [-0.3, -0.25) is 14.4 Å². The maximum atomic E-state index is 12.9. The zero-order valence-electron chi connectivity index (χ0n) is 19.6. The topological polar surface area (TPSA) is 114 Å². The summed E-state index contributed by atoms with van der Waals surface area (Å²) in [6.45, 7) is -0.566. The Morgan fingerprint density at radius 1 is 0.806 bits per heavy atom. The van der Waals surface area contributed by atoms with Crippen LogP contribution in [-0.2, 0) is 20.7 Å². The molecule has 0 aliphatic heterocycles. The highest BCUT2D eigenvalue weighted by atomic mass is 16.5. The van der Waals surface area contributed by atoms with Crippen LogP contribution in [0.1, 0.15) is 39.1 Å². The molecule has 1 atom stereocenters. The molecule has 3 N–H and O–H groups in total. The first-order valence-corrected chi connectivity index (χ1v) is 11.8. The fourth-order valence-electron chi connectivity index (χ4n) is 3.58. The molecule has 184 valence electrons. The molecule has 3 aromatic rings. The van der Waals surface area contributed by atoms with E-state index in [0.717, 1.165) is 18.4 Å². The van der Waals surface area contributed by atoms with Gasteiger partial charge in [-0.05, 0) is 42.7 Å². The second-order valence-corrected chi connectivity index (χ2v) is 8.53. The van der Waals surface area contributed by atoms with Crippen LogP contribution in [0.2, 0.25) is 0 Å². The molecule has 0 aromatic heterocycles. The van der Waals surface area contributed by atoms with E-state index in [1.165, 1.54) is 0 Å². The number of carbonyl (C=O) groups is 4. The minimum absolute atomic E-state index is 0.176. The number of carbonyl (C=O) groups excluding carboxylic acids is 4. The van der Waals surface area contributed by atoms with Crippen molar-refractivity contribution in [1.29, 1.82) is 0 Å². The van der Waals surface area contributed by atoms with Crippen LogP contribution < -0.4 is 16.0 Å². The molecule has 1 unspecified atom stereocenters. The smallest absolute Gasteiger partial charge is 0.329 e. The van der Waals surface area contributed by atoms with Crippen molar-refractivity contribution in [3.63, 3.8) is 0 Å². The first kappa shape index (κ1) is 24.7. The van der Waals surface area contributed by atoms with Crippen molar-refractivity contribution in [1.82, 2.24) is 10.6 Å². The van der Waals surface area contributed by atoms with Crippen LogP contribution in [0, 0.1) is 0 Å². The fourth-order valence-corrected chi connectivity index (χ4v) is 3.58. The van der Waals surface area contributed by atoms with E-state index in [-0.39, 0.29) is 18.4 Å². The summed E-state index contributed by atoms with van der Waals surface area (Å²) < 4.78 is 5.26. The molecule has 0 spiro atoms. The Bertz CT molecular complexity index is 1230. The van der Waals surface area contributed by atoms with Gasteiger partial charge in [0.2, 0.25) is 0 Å². The number of hydrogen-bond donors (Lipinski definition) is 3. The third-order valence-corrected chi connectivity index (χ3v) is 5.61. The highest BCUT2D eigenvalue weighted by Crippen LogP contribution is 2.21. The number of hydrogen-bond acceptors (Lipinski definition) is 5. The van der Waals surface area contributed by atoms with E-state index in [0.29, 0.717) is 16.8 Å². The van der Waals surface area contributed by atoms with Crippen LogP contribution in [0.3, 0.4) is 0 Å². The second kappa shape index (κ2) is 11.8. The van der Waals surface area contributed by atoms with Crippen molar-refractivity contribution in [2.45, 2.75) is 31.3 Å². The molecule has 0 saturated heterocycles. The normalized spacial score (nSPS) is 13.2. The Hall–Kier alpha value is -4.46. The number of rotatable bonds is 10. The van der Waals surface area contributed by atoms with Crippen LogP contribution >= 0.6 is 0 Å². The van der Waals surface area contributed by atoms with Crippen LogP contribution in [0.5, 0.6) is 0 Å². The summed E-state index contributed by atoms with van der Waals surface area (Å²) >= 11 is 0. The Morgan fingerprint density at radius 2 is 1.44 bits per heavy atom. The van der Waals surface area contributed by atoms with Crippen molar-refractivity contribution in [2.75, 3.05) is 11.9 Å². The first-order valence-electron chi connectivity index (χ1n) is 11.8. The molecule has 1 aliphatic carbocycles. The van der Waals surface area contributed by atoms with E-state index < -0.39 is 30.4 Å². The summed E-state index contributed by atoms with van der Waals surface area (Å²) in [6.07, 6.45) is 2.09. The zero-order valence-corrected chi connectivity index (χ0v) is 19.6. The Morgan fingerprint density at radius 3 is 2.14 bits per heavy atom. The molecule has 8 heteroatoms. The summed E-state index contributed by atoms with van der Waals surface area (Å²) in [7, 11) is 0. The lowest BCUT2D eigenvalue weighted by Crippen LogP contribution is -2.44. The Balaban J connectivity index is 1.38. The fraction of sp³-hybridized carbons (Fsp3) is 0.214. The monoisotopic (exact) mass is 485 g/mol. The lowest BCUT2D eigenvalue weighted by Gasteiger charge is -2.18. The maximum Gasteiger partial charge on any atom is 0.329 e. The largest absolute Gasteiger partial charge is 0.454 e. The van der Waals surface area contributed by atoms with Crippen LogP contribution in [0.4, 0.5) is 5.69 Å². The van der Waals surface area contributed by atoms with Crippen molar-refractivity contribution in [2.24, 2.45) is 0 Å². The van der Waals surface area contributed by atoms with Gasteiger partial charge in [0, 0.05) is 18.0 Å². The number of nitrogens with one attached hydrogen (secondary N) is 3. The molecular formula is C28H27N3O5. The van der Waals surface area contributed by atoms with Gasteiger partial charge in [0.25, 0.3) is 17.7 Å².